The van der Waals surface area contributed by atoms with Gasteiger partial charge in [-0.2, -0.15) is 0 Å². The summed E-state index contributed by atoms with van der Waals surface area (Å²) in [5, 5.41) is 0. The molecule has 1 saturated heterocycles. The Bertz CT molecular complexity index is 436. The standard InChI is InChI=1S/C16H23NO2/c1-12-5-4-6-17(10-12)16(18)11-19-15-8-13(2)7-14(3)9-15/h7-9,12H,4-6,10-11H2,1-3H3. The molecule has 1 aromatic carbocycles. The molecule has 104 valence electrons. The number of nitrogens with zero attached hydrogens (tertiary/aromatic N) is 1. The third kappa shape index (κ3) is 3.98. The molecule has 1 aliphatic rings. The van der Waals surface area contributed by atoms with Crippen LogP contribution in [0.4, 0.5) is 0 Å². The lowest BCUT2D eigenvalue weighted by Gasteiger charge is -2.30. The molecule has 3 nitrogen and oxygen atoms in total. The minimum absolute atomic E-state index is 0.103. The predicted molar refractivity (Wildman–Crippen MR) is 76.4 cm³/mol. The van der Waals surface area contributed by atoms with Gasteiger partial charge in [-0.3, -0.25) is 4.79 Å². The van der Waals surface area contributed by atoms with Crippen LogP contribution in [0.1, 0.15) is 30.9 Å². The molecule has 1 unspecified atom stereocenters. The Balaban J connectivity index is 1.89. The lowest BCUT2D eigenvalue weighted by molar-refractivity contribution is -0.135. The molecule has 0 spiro atoms. The van der Waals surface area contributed by atoms with E-state index < -0.39 is 0 Å². The van der Waals surface area contributed by atoms with Crippen LogP contribution in [0, 0.1) is 19.8 Å². The Morgan fingerprint density at radius 1 is 1.32 bits per heavy atom. The van der Waals surface area contributed by atoms with Crippen molar-refractivity contribution in [3.8, 4) is 5.75 Å². The Kier molecular flexibility index (Phi) is 4.46. The summed E-state index contributed by atoms with van der Waals surface area (Å²) >= 11 is 0. The Labute approximate surface area is 115 Å². The van der Waals surface area contributed by atoms with Gasteiger partial charge in [0.1, 0.15) is 5.75 Å². The van der Waals surface area contributed by atoms with Crippen molar-refractivity contribution in [1.29, 1.82) is 0 Å². The van der Waals surface area contributed by atoms with Gasteiger partial charge in [-0.15, -0.1) is 0 Å². The highest BCUT2D eigenvalue weighted by Gasteiger charge is 2.21. The van der Waals surface area contributed by atoms with Crippen LogP contribution in [0.3, 0.4) is 0 Å². The van der Waals surface area contributed by atoms with Gasteiger partial charge in [0.25, 0.3) is 5.91 Å². The second-order valence-electron chi connectivity index (χ2n) is 5.70. The fraction of sp³-hybridized carbons (Fsp3) is 0.562. The molecule has 0 N–H and O–H groups in total. The van der Waals surface area contributed by atoms with Gasteiger partial charge in [0.05, 0.1) is 0 Å². The summed E-state index contributed by atoms with van der Waals surface area (Å²) in [6.07, 6.45) is 2.33. The van der Waals surface area contributed by atoms with Crippen LogP contribution >= 0.6 is 0 Å². The number of carbonyl (C=O) groups is 1. The number of carbonyl (C=O) groups excluding carboxylic acids is 1. The smallest absolute Gasteiger partial charge is 0.260 e. The van der Waals surface area contributed by atoms with E-state index in [1.54, 1.807) is 0 Å². The van der Waals surface area contributed by atoms with Gasteiger partial charge in [0, 0.05) is 13.1 Å². The third-order valence-electron chi connectivity index (χ3n) is 3.57. The van der Waals surface area contributed by atoms with E-state index in [-0.39, 0.29) is 12.5 Å². The van der Waals surface area contributed by atoms with Gasteiger partial charge in [-0.1, -0.05) is 13.0 Å². The van der Waals surface area contributed by atoms with Crippen molar-refractivity contribution >= 4 is 5.91 Å². The van der Waals surface area contributed by atoms with Crippen LogP contribution in [-0.4, -0.2) is 30.5 Å². The molecule has 1 aliphatic heterocycles. The number of likely N-dealkylation sites (tertiary alicyclic amines) is 1. The van der Waals surface area contributed by atoms with E-state index in [2.05, 4.69) is 13.0 Å². The number of ether oxygens (including phenoxy) is 1. The molecule has 1 amide bonds. The maximum atomic E-state index is 12.1. The quantitative estimate of drug-likeness (QED) is 0.837. The van der Waals surface area contributed by atoms with Gasteiger partial charge in [0.2, 0.25) is 0 Å². The largest absolute Gasteiger partial charge is 0.484 e. The van der Waals surface area contributed by atoms with Crippen LogP contribution in [-0.2, 0) is 4.79 Å². The zero-order valence-electron chi connectivity index (χ0n) is 12.1. The molecule has 1 aromatic rings. The van der Waals surface area contributed by atoms with Gasteiger partial charge in [0.15, 0.2) is 6.61 Å². The molecule has 0 aliphatic carbocycles. The number of rotatable bonds is 3. The topological polar surface area (TPSA) is 29.5 Å². The Morgan fingerprint density at radius 3 is 2.63 bits per heavy atom. The van der Waals surface area contributed by atoms with Crippen molar-refractivity contribution in [2.75, 3.05) is 19.7 Å². The zero-order valence-corrected chi connectivity index (χ0v) is 12.1. The van der Waals surface area contributed by atoms with Gasteiger partial charge in [-0.25, -0.2) is 0 Å². The summed E-state index contributed by atoms with van der Waals surface area (Å²) in [6.45, 7) is 8.16. The first kappa shape index (κ1) is 13.9. The molecular formula is C16H23NO2. The molecule has 1 fully saturated rings. The monoisotopic (exact) mass is 261 g/mol. The molecule has 0 saturated carbocycles. The normalized spacial score (nSPS) is 19.3. The van der Waals surface area contributed by atoms with E-state index in [0.29, 0.717) is 5.92 Å². The summed E-state index contributed by atoms with van der Waals surface area (Å²) in [7, 11) is 0. The van der Waals surface area contributed by atoms with Crippen molar-refractivity contribution in [1.82, 2.24) is 4.90 Å². The number of benzene rings is 1. The summed E-state index contributed by atoms with van der Waals surface area (Å²) in [5.41, 5.74) is 2.32. The van der Waals surface area contributed by atoms with Crippen molar-refractivity contribution < 1.29 is 9.53 Å². The van der Waals surface area contributed by atoms with Gasteiger partial charge in [-0.05, 0) is 55.9 Å². The van der Waals surface area contributed by atoms with Crippen LogP contribution in [0.5, 0.6) is 5.75 Å². The molecule has 2 rings (SSSR count). The Hall–Kier alpha value is -1.51. The van der Waals surface area contributed by atoms with Crippen LogP contribution in [0.25, 0.3) is 0 Å². The van der Waals surface area contributed by atoms with Crippen LogP contribution in [0.15, 0.2) is 18.2 Å². The van der Waals surface area contributed by atoms with E-state index in [1.165, 1.54) is 6.42 Å². The Morgan fingerprint density at radius 2 is 2.00 bits per heavy atom. The first-order valence-corrected chi connectivity index (χ1v) is 7.03. The fourth-order valence-corrected chi connectivity index (χ4v) is 2.67. The van der Waals surface area contributed by atoms with Gasteiger partial charge >= 0.3 is 0 Å². The number of hydrogen-bond donors (Lipinski definition) is 0. The highest BCUT2D eigenvalue weighted by Crippen LogP contribution is 2.18. The van der Waals surface area contributed by atoms with E-state index in [4.69, 9.17) is 4.74 Å². The highest BCUT2D eigenvalue weighted by atomic mass is 16.5. The summed E-state index contributed by atoms with van der Waals surface area (Å²) < 4.78 is 5.63. The summed E-state index contributed by atoms with van der Waals surface area (Å²) in [5.74, 6) is 1.50. The lowest BCUT2D eigenvalue weighted by Crippen LogP contribution is -2.41. The first-order valence-electron chi connectivity index (χ1n) is 7.03. The zero-order chi connectivity index (χ0) is 13.8. The van der Waals surface area contributed by atoms with E-state index in [9.17, 15) is 4.79 Å². The van der Waals surface area contributed by atoms with E-state index >= 15 is 0 Å². The maximum Gasteiger partial charge on any atom is 0.260 e. The molecule has 0 bridgehead atoms. The number of aryl methyl sites for hydroxylation is 2. The molecule has 0 aromatic heterocycles. The van der Waals surface area contributed by atoms with Crippen LogP contribution < -0.4 is 4.74 Å². The molecule has 0 radical (unpaired) electrons. The molecular weight excluding hydrogens is 238 g/mol. The minimum atomic E-state index is 0.103. The highest BCUT2D eigenvalue weighted by molar-refractivity contribution is 5.77. The number of amides is 1. The second kappa shape index (κ2) is 6.09. The summed E-state index contributed by atoms with van der Waals surface area (Å²) in [6, 6.07) is 6.04. The molecule has 3 heteroatoms. The average molecular weight is 261 g/mol. The predicted octanol–water partition coefficient (Wildman–Crippen LogP) is 2.94. The molecule has 1 atom stereocenters. The fourth-order valence-electron chi connectivity index (χ4n) is 2.67. The average Bonchev–Trinajstić information content (AvgIpc) is 2.35. The van der Waals surface area contributed by atoms with E-state index in [1.807, 2.05) is 30.9 Å². The van der Waals surface area contributed by atoms with Crippen molar-refractivity contribution in [3.05, 3.63) is 29.3 Å². The van der Waals surface area contributed by atoms with Crippen molar-refractivity contribution in [2.24, 2.45) is 5.92 Å². The van der Waals surface area contributed by atoms with E-state index in [0.717, 1.165) is 36.4 Å². The van der Waals surface area contributed by atoms with Gasteiger partial charge < -0.3 is 9.64 Å². The van der Waals surface area contributed by atoms with Crippen molar-refractivity contribution in [2.45, 2.75) is 33.6 Å². The van der Waals surface area contributed by atoms with Crippen LogP contribution in [0.2, 0.25) is 0 Å². The molecule has 1 heterocycles. The first-order chi connectivity index (χ1) is 9.04. The number of piperidine rings is 1. The maximum absolute atomic E-state index is 12.1. The third-order valence-corrected chi connectivity index (χ3v) is 3.57. The SMILES string of the molecule is Cc1cc(C)cc(OCC(=O)N2CCCC(C)C2)c1. The molecule has 19 heavy (non-hydrogen) atoms. The minimum Gasteiger partial charge on any atom is -0.484 e. The lowest BCUT2D eigenvalue weighted by atomic mass is 10.0. The van der Waals surface area contributed by atoms with Crippen molar-refractivity contribution in [3.63, 3.8) is 0 Å². The summed E-state index contributed by atoms with van der Waals surface area (Å²) in [4.78, 5) is 14.0. The second-order valence-corrected chi connectivity index (χ2v) is 5.70. The number of hydrogen-bond acceptors (Lipinski definition) is 2.